The third kappa shape index (κ3) is 5.02. The van der Waals surface area contributed by atoms with Gasteiger partial charge in [-0.15, -0.1) is 21.8 Å². The summed E-state index contributed by atoms with van der Waals surface area (Å²) in [7, 11) is 0. The van der Waals surface area contributed by atoms with E-state index in [0.29, 0.717) is 29.9 Å². The summed E-state index contributed by atoms with van der Waals surface area (Å²) in [5.41, 5.74) is 3.46. The molecule has 5 rings (SSSR count). The lowest BCUT2D eigenvalue weighted by Crippen LogP contribution is -2.36. The summed E-state index contributed by atoms with van der Waals surface area (Å²) in [6.07, 6.45) is 6.62. The lowest BCUT2D eigenvalue weighted by molar-refractivity contribution is 0.0214. The molecule has 0 radical (unpaired) electrons. The van der Waals surface area contributed by atoms with Crippen molar-refractivity contribution >= 4 is 29.3 Å². The Hall–Kier alpha value is -2.64. The second kappa shape index (κ2) is 9.10. The molecule has 1 saturated carbocycles. The molecule has 9 heteroatoms. The number of benzene rings is 1. The van der Waals surface area contributed by atoms with Crippen LogP contribution < -0.4 is 0 Å². The summed E-state index contributed by atoms with van der Waals surface area (Å²) >= 11 is 13.4. The molecule has 3 heterocycles. The quantitative estimate of drug-likeness (QED) is 0.372. The maximum absolute atomic E-state index is 13.0. The molecule has 0 spiro atoms. The first-order chi connectivity index (χ1) is 16.6. The van der Waals surface area contributed by atoms with Crippen LogP contribution in [0.25, 0.3) is 5.69 Å². The van der Waals surface area contributed by atoms with Crippen LogP contribution in [0.2, 0.25) is 5.02 Å². The van der Waals surface area contributed by atoms with Gasteiger partial charge in [0.15, 0.2) is 5.82 Å². The number of pyridine rings is 1. The van der Waals surface area contributed by atoms with Crippen LogP contribution >= 0.6 is 23.2 Å². The van der Waals surface area contributed by atoms with Crippen LogP contribution in [0.15, 0.2) is 42.9 Å². The number of aromatic nitrogens is 4. The predicted octanol–water partition coefficient (Wildman–Crippen LogP) is 6.36. The number of fused-ring (bicyclic) bond motifs is 3. The molecule has 0 unspecified atom stereocenters. The normalized spacial score (nSPS) is 22.2. The van der Waals surface area contributed by atoms with E-state index < -0.39 is 10.5 Å². The summed E-state index contributed by atoms with van der Waals surface area (Å²) < 4.78 is 7.59. The monoisotopic (exact) mass is 513 g/mol. The molecule has 1 aliphatic heterocycles. The minimum atomic E-state index is -0.585. The Morgan fingerprint density at radius 3 is 2.63 bits per heavy atom. The van der Waals surface area contributed by atoms with Crippen molar-refractivity contribution in [3.8, 4) is 5.69 Å². The fraction of sp³-hybridized carbons (Fsp3) is 0.462. The highest BCUT2D eigenvalue weighted by molar-refractivity contribution is 6.30. The van der Waals surface area contributed by atoms with Crippen molar-refractivity contribution in [1.29, 1.82) is 0 Å². The number of rotatable bonds is 2. The lowest BCUT2D eigenvalue weighted by atomic mass is 9.76. The Balaban J connectivity index is 1.41. The summed E-state index contributed by atoms with van der Waals surface area (Å²) in [5.74, 6) is 1.04. The molecule has 0 N–H and O–H groups in total. The Bertz CT molecular complexity index is 1240. The highest BCUT2D eigenvalue weighted by atomic mass is 35.5. The SMILES string of the molecule is CC(C)(C)OC(=O)N1Cc2cc(C3(Cl)CCC(c4cc(Cl)ccn4)CC3)ccc2-n2cnnc2C1. The van der Waals surface area contributed by atoms with E-state index in [1.54, 1.807) is 23.5 Å². The van der Waals surface area contributed by atoms with Crippen molar-refractivity contribution in [2.75, 3.05) is 0 Å². The smallest absolute Gasteiger partial charge is 0.411 e. The second-order valence-electron chi connectivity index (χ2n) is 10.4. The van der Waals surface area contributed by atoms with Crippen LogP contribution in [0, 0.1) is 0 Å². The van der Waals surface area contributed by atoms with Crippen LogP contribution in [0.5, 0.6) is 0 Å². The minimum absolute atomic E-state index is 0.319. The average Bonchev–Trinajstić information content (AvgIpc) is 3.19. The van der Waals surface area contributed by atoms with Crippen LogP contribution in [-0.4, -0.2) is 36.3 Å². The van der Waals surface area contributed by atoms with Gasteiger partial charge in [-0.25, -0.2) is 4.79 Å². The van der Waals surface area contributed by atoms with Gasteiger partial charge < -0.3 is 4.74 Å². The Labute approximate surface area is 215 Å². The first-order valence-corrected chi connectivity index (χ1v) is 12.7. The molecule has 0 saturated heterocycles. The summed E-state index contributed by atoms with van der Waals surface area (Å²) in [4.78, 5) is 18.7. The van der Waals surface area contributed by atoms with Gasteiger partial charge in [-0.1, -0.05) is 23.7 Å². The molecule has 1 aromatic carbocycles. The van der Waals surface area contributed by atoms with Crippen molar-refractivity contribution in [3.63, 3.8) is 0 Å². The van der Waals surface area contributed by atoms with Crippen molar-refractivity contribution in [2.24, 2.45) is 0 Å². The number of halogens is 2. The molecular formula is C26H29Cl2N5O2. The van der Waals surface area contributed by atoms with Crippen LogP contribution in [-0.2, 0) is 22.7 Å². The second-order valence-corrected chi connectivity index (χ2v) is 11.6. The number of hydrogen-bond acceptors (Lipinski definition) is 5. The molecule has 2 aromatic heterocycles. The molecule has 1 aliphatic carbocycles. The third-order valence-electron chi connectivity index (χ3n) is 6.76. The number of nitrogens with zero attached hydrogens (tertiary/aromatic N) is 5. The zero-order valence-electron chi connectivity index (χ0n) is 20.2. The van der Waals surface area contributed by atoms with Gasteiger partial charge in [0.05, 0.1) is 23.7 Å². The van der Waals surface area contributed by atoms with Crippen molar-refractivity contribution in [2.45, 2.75) is 75.9 Å². The molecule has 35 heavy (non-hydrogen) atoms. The van der Waals surface area contributed by atoms with E-state index >= 15 is 0 Å². The number of carbonyl (C=O) groups excluding carboxylic acids is 1. The standard InChI is InChI=1S/C26H29Cl2N5O2/c1-25(2,3)35-24(34)32-14-18-12-19(4-5-22(18)33-16-30-31-23(33)15-32)26(28)9-6-17(7-10-26)21-13-20(27)8-11-29-21/h4-5,8,11-13,16-17H,6-7,9-10,14-15H2,1-3H3. The molecule has 1 fully saturated rings. The van der Waals surface area contributed by atoms with E-state index in [-0.39, 0.29) is 6.09 Å². The number of alkyl halides is 1. The molecule has 3 aromatic rings. The summed E-state index contributed by atoms with van der Waals surface area (Å²) in [5, 5.41) is 9.03. The van der Waals surface area contributed by atoms with Crippen molar-refractivity contribution in [3.05, 3.63) is 70.5 Å². The lowest BCUT2D eigenvalue weighted by Gasteiger charge is -2.36. The molecule has 2 aliphatic rings. The van der Waals surface area contributed by atoms with Crippen LogP contribution in [0.3, 0.4) is 0 Å². The van der Waals surface area contributed by atoms with Crippen molar-refractivity contribution < 1.29 is 9.53 Å². The first-order valence-electron chi connectivity index (χ1n) is 11.9. The molecule has 184 valence electrons. The zero-order chi connectivity index (χ0) is 24.8. The van der Waals surface area contributed by atoms with E-state index in [0.717, 1.165) is 48.2 Å². The average molecular weight is 514 g/mol. The zero-order valence-corrected chi connectivity index (χ0v) is 21.7. The van der Waals surface area contributed by atoms with Gasteiger partial charge in [-0.05, 0) is 75.8 Å². The maximum atomic E-state index is 13.0. The largest absolute Gasteiger partial charge is 0.444 e. The predicted molar refractivity (Wildman–Crippen MR) is 135 cm³/mol. The van der Waals surface area contributed by atoms with Crippen LogP contribution in [0.1, 0.15) is 75.0 Å². The number of carbonyl (C=O) groups is 1. The van der Waals surface area contributed by atoms with E-state index in [9.17, 15) is 4.79 Å². The van der Waals surface area contributed by atoms with Crippen molar-refractivity contribution in [1.82, 2.24) is 24.6 Å². The molecule has 7 nitrogen and oxygen atoms in total. The fourth-order valence-corrected chi connectivity index (χ4v) is 5.49. The Kier molecular flexibility index (Phi) is 6.26. The van der Waals surface area contributed by atoms with Gasteiger partial charge in [0.1, 0.15) is 11.9 Å². The topological polar surface area (TPSA) is 73.1 Å². The highest BCUT2D eigenvalue weighted by Gasteiger charge is 2.37. The minimum Gasteiger partial charge on any atom is -0.444 e. The van der Waals surface area contributed by atoms with E-state index in [4.69, 9.17) is 27.9 Å². The van der Waals surface area contributed by atoms with Gasteiger partial charge in [-0.2, -0.15) is 0 Å². The number of hydrogen-bond donors (Lipinski definition) is 0. The first kappa shape index (κ1) is 24.1. The maximum Gasteiger partial charge on any atom is 0.411 e. The highest BCUT2D eigenvalue weighted by Crippen LogP contribution is 2.48. The number of amides is 1. The summed E-state index contributed by atoms with van der Waals surface area (Å²) in [6.45, 7) is 6.32. The van der Waals surface area contributed by atoms with Gasteiger partial charge in [0.25, 0.3) is 0 Å². The van der Waals surface area contributed by atoms with E-state index in [1.807, 2.05) is 31.4 Å². The molecule has 0 atom stereocenters. The Morgan fingerprint density at radius 2 is 1.91 bits per heavy atom. The number of ether oxygens (including phenoxy) is 1. The van der Waals surface area contributed by atoms with Gasteiger partial charge in [0.2, 0.25) is 0 Å². The van der Waals surface area contributed by atoms with Crippen LogP contribution in [0.4, 0.5) is 4.79 Å². The fourth-order valence-electron chi connectivity index (χ4n) is 4.99. The Morgan fingerprint density at radius 1 is 1.14 bits per heavy atom. The van der Waals surface area contributed by atoms with Gasteiger partial charge in [0, 0.05) is 22.8 Å². The van der Waals surface area contributed by atoms with E-state index in [1.165, 1.54) is 0 Å². The van der Waals surface area contributed by atoms with E-state index in [2.05, 4.69) is 33.4 Å². The molecule has 0 bridgehead atoms. The molecule has 1 amide bonds. The van der Waals surface area contributed by atoms with Gasteiger partial charge >= 0.3 is 6.09 Å². The third-order valence-corrected chi connectivity index (χ3v) is 7.59. The molecular weight excluding hydrogens is 485 g/mol. The summed E-state index contributed by atoms with van der Waals surface area (Å²) in [6, 6.07) is 10.0. The van der Waals surface area contributed by atoms with Gasteiger partial charge in [-0.3, -0.25) is 14.5 Å².